The van der Waals surface area contributed by atoms with Crippen molar-refractivity contribution in [1.82, 2.24) is 15.5 Å². The van der Waals surface area contributed by atoms with Gasteiger partial charge in [0, 0.05) is 51.0 Å². The monoisotopic (exact) mass is 435 g/mol. The molecule has 0 radical (unpaired) electrons. The largest absolute Gasteiger partial charge is 0.378 e. The first-order chi connectivity index (χ1) is 15.8. The molecule has 0 amide bonds. The van der Waals surface area contributed by atoms with E-state index in [0.29, 0.717) is 12.6 Å². The SMILES string of the molecule is CCNC(=NCc1ccc(N2CCOCC2)cc1)NC1CCN(Cc2ccccc2)CC1. The molecule has 0 bridgehead atoms. The van der Waals surface area contributed by atoms with Crippen LogP contribution in [0.5, 0.6) is 0 Å². The van der Waals surface area contributed by atoms with Crippen molar-refractivity contribution in [3.05, 3.63) is 65.7 Å². The number of aliphatic imine (C=N–C) groups is 1. The highest BCUT2D eigenvalue weighted by Crippen LogP contribution is 2.17. The maximum absolute atomic E-state index is 5.45. The van der Waals surface area contributed by atoms with Crippen LogP contribution in [-0.2, 0) is 17.8 Å². The molecular weight excluding hydrogens is 398 g/mol. The van der Waals surface area contributed by atoms with Gasteiger partial charge in [0.15, 0.2) is 5.96 Å². The molecule has 6 nitrogen and oxygen atoms in total. The molecule has 0 spiro atoms. The number of likely N-dealkylation sites (tertiary alicyclic amines) is 1. The number of nitrogens with zero attached hydrogens (tertiary/aromatic N) is 3. The number of rotatable bonds is 7. The molecule has 0 unspecified atom stereocenters. The van der Waals surface area contributed by atoms with E-state index < -0.39 is 0 Å². The lowest BCUT2D eigenvalue weighted by atomic mass is 10.0. The van der Waals surface area contributed by atoms with Gasteiger partial charge >= 0.3 is 0 Å². The summed E-state index contributed by atoms with van der Waals surface area (Å²) in [7, 11) is 0. The number of piperidine rings is 1. The fourth-order valence-electron chi connectivity index (χ4n) is 4.39. The number of ether oxygens (including phenoxy) is 1. The minimum absolute atomic E-state index is 0.475. The van der Waals surface area contributed by atoms with Crippen molar-refractivity contribution >= 4 is 11.6 Å². The number of benzene rings is 2. The van der Waals surface area contributed by atoms with Gasteiger partial charge in [0.1, 0.15) is 0 Å². The molecule has 2 aliphatic heterocycles. The minimum atomic E-state index is 0.475. The number of hydrogen-bond acceptors (Lipinski definition) is 4. The van der Waals surface area contributed by atoms with Crippen LogP contribution in [0.1, 0.15) is 30.9 Å². The minimum Gasteiger partial charge on any atom is -0.378 e. The van der Waals surface area contributed by atoms with Crippen LogP contribution in [0.4, 0.5) is 5.69 Å². The smallest absolute Gasteiger partial charge is 0.191 e. The summed E-state index contributed by atoms with van der Waals surface area (Å²) < 4.78 is 5.45. The molecule has 2 aromatic rings. The van der Waals surface area contributed by atoms with Crippen LogP contribution >= 0.6 is 0 Å². The first-order valence-corrected chi connectivity index (χ1v) is 12.0. The van der Waals surface area contributed by atoms with Crippen LogP contribution in [0, 0.1) is 0 Å². The van der Waals surface area contributed by atoms with Gasteiger partial charge in [-0.15, -0.1) is 0 Å². The zero-order valence-corrected chi connectivity index (χ0v) is 19.3. The van der Waals surface area contributed by atoms with Gasteiger partial charge in [-0.3, -0.25) is 4.90 Å². The van der Waals surface area contributed by atoms with Crippen LogP contribution in [0.25, 0.3) is 0 Å². The second-order valence-corrected chi connectivity index (χ2v) is 8.64. The van der Waals surface area contributed by atoms with E-state index >= 15 is 0 Å². The number of anilines is 1. The van der Waals surface area contributed by atoms with Crippen LogP contribution in [-0.4, -0.2) is 62.8 Å². The Morgan fingerprint density at radius 2 is 1.66 bits per heavy atom. The third-order valence-corrected chi connectivity index (χ3v) is 6.25. The third-order valence-electron chi connectivity index (χ3n) is 6.25. The molecule has 4 rings (SSSR count). The molecule has 2 N–H and O–H groups in total. The number of guanidine groups is 1. The van der Waals surface area contributed by atoms with Crippen LogP contribution in [0.2, 0.25) is 0 Å². The summed E-state index contributed by atoms with van der Waals surface area (Å²) in [4.78, 5) is 9.78. The Bertz CT molecular complexity index is 825. The lowest BCUT2D eigenvalue weighted by molar-refractivity contribution is 0.122. The van der Waals surface area contributed by atoms with E-state index in [4.69, 9.17) is 9.73 Å². The van der Waals surface area contributed by atoms with Crippen molar-refractivity contribution in [2.45, 2.75) is 38.9 Å². The van der Waals surface area contributed by atoms with Gasteiger partial charge in [0.05, 0.1) is 19.8 Å². The fourth-order valence-corrected chi connectivity index (χ4v) is 4.39. The Morgan fingerprint density at radius 3 is 2.34 bits per heavy atom. The van der Waals surface area contributed by atoms with E-state index in [1.165, 1.54) is 16.8 Å². The van der Waals surface area contributed by atoms with E-state index in [1.54, 1.807) is 0 Å². The molecule has 2 aliphatic rings. The number of morpholine rings is 1. The highest BCUT2D eigenvalue weighted by atomic mass is 16.5. The summed E-state index contributed by atoms with van der Waals surface area (Å²) in [6, 6.07) is 20.0. The van der Waals surface area contributed by atoms with Gasteiger partial charge in [-0.1, -0.05) is 42.5 Å². The van der Waals surface area contributed by atoms with E-state index in [1.807, 2.05) is 0 Å². The molecule has 2 heterocycles. The fraction of sp³-hybridized carbons (Fsp3) is 0.500. The molecule has 6 heteroatoms. The molecule has 2 fully saturated rings. The zero-order chi connectivity index (χ0) is 22.0. The summed E-state index contributed by atoms with van der Waals surface area (Å²) in [5, 5.41) is 7.08. The Morgan fingerprint density at radius 1 is 0.938 bits per heavy atom. The number of hydrogen-bond donors (Lipinski definition) is 2. The van der Waals surface area contributed by atoms with Crippen molar-refractivity contribution in [1.29, 1.82) is 0 Å². The predicted molar refractivity (Wildman–Crippen MR) is 132 cm³/mol. The van der Waals surface area contributed by atoms with Crippen molar-refractivity contribution in [2.75, 3.05) is 50.8 Å². The molecule has 2 aromatic carbocycles. The average molecular weight is 436 g/mol. The van der Waals surface area contributed by atoms with Crippen LogP contribution in [0.3, 0.4) is 0 Å². The van der Waals surface area contributed by atoms with E-state index in [-0.39, 0.29) is 0 Å². The first kappa shape index (κ1) is 22.6. The quantitative estimate of drug-likeness (QED) is 0.517. The van der Waals surface area contributed by atoms with E-state index in [0.717, 1.165) is 71.3 Å². The molecule has 0 saturated carbocycles. The zero-order valence-electron chi connectivity index (χ0n) is 19.3. The van der Waals surface area contributed by atoms with Crippen molar-refractivity contribution < 1.29 is 4.74 Å². The number of nitrogens with one attached hydrogen (secondary N) is 2. The Kier molecular flexibility index (Phi) is 8.40. The highest BCUT2D eigenvalue weighted by molar-refractivity contribution is 5.80. The second kappa shape index (κ2) is 11.9. The standard InChI is InChI=1S/C26H37N5O/c1-2-27-26(28-20-22-8-10-25(11-9-22)31-16-18-32-19-17-31)29-24-12-14-30(15-13-24)21-23-6-4-3-5-7-23/h3-11,24H,2,12-21H2,1H3,(H2,27,28,29). The van der Waals surface area contributed by atoms with Crippen LogP contribution in [0.15, 0.2) is 59.6 Å². The molecule has 0 aromatic heterocycles. The molecular formula is C26H37N5O. The maximum atomic E-state index is 5.45. The molecule has 2 saturated heterocycles. The van der Waals surface area contributed by atoms with Gasteiger partial charge in [-0.25, -0.2) is 4.99 Å². The maximum Gasteiger partial charge on any atom is 0.191 e. The van der Waals surface area contributed by atoms with Crippen molar-refractivity contribution in [3.63, 3.8) is 0 Å². The lowest BCUT2D eigenvalue weighted by Crippen LogP contribution is -2.48. The normalized spacial score (nSPS) is 18.5. The Balaban J connectivity index is 1.26. The Hall–Kier alpha value is -2.57. The summed E-state index contributed by atoms with van der Waals surface area (Å²) in [6.07, 6.45) is 2.29. The summed E-state index contributed by atoms with van der Waals surface area (Å²) in [5.74, 6) is 0.922. The Labute approximate surface area is 192 Å². The van der Waals surface area contributed by atoms with Gasteiger partial charge in [-0.05, 0) is 43.0 Å². The topological polar surface area (TPSA) is 52.1 Å². The van der Waals surface area contributed by atoms with E-state index in [9.17, 15) is 0 Å². The predicted octanol–water partition coefficient (Wildman–Crippen LogP) is 3.24. The van der Waals surface area contributed by atoms with Gasteiger partial charge in [0.2, 0.25) is 0 Å². The second-order valence-electron chi connectivity index (χ2n) is 8.64. The molecule has 0 aliphatic carbocycles. The highest BCUT2D eigenvalue weighted by Gasteiger charge is 2.20. The lowest BCUT2D eigenvalue weighted by Gasteiger charge is -2.33. The molecule has 32 heavy (non-hydrogen) atoms. The molecule has 0 atom stereocenters. The summed E-state index contributed by atoms with van der Waals surface area (Å²) in [6.45, 7) is 10.5. The van der Waals surface area contributed by atoms with Gasteiger partial charge in [-0.2, -0.15) is 0 Å². The average Bonchev–Trinajstić information content (AvgIpc) is 2.85. The molecule has 172 valence electrons. The van der Waals surface area contributed by atoms with Gasteiger partial charge < -0.3 is 20.3 Å². The van der Waals surface area contributed by atoms with Crippen LogP contribution < -0.4 is 15.5 Å². The third kappa shape index (κ3) is 6.71. The summed E-state index contributed by atoms with van der Waals surface area (Å²) >= 11 is 0. The van der Waals surface area contributed by atoms with Gasteiger partial charge in [0.25, 0.3) is 0 Å². The summed E-state index contributed by atoms with van der Waals surface area (Å²) in [5.41, 5.74) is 3.90. The van der Waals surface area contributed by atoms with E-state index in [2.05, 4.69) is 82.0 Å². The van der Waals surface area contributed by atoms with Crippen molar-refractivity contribution in [2.24, 2.45) is 4.99 Å². The van der Waals surface area contributed by atoms with Crippen molar-refractivity contribution in [3.8, 4) is 0 Å². The first-order valence-electron chi connectivity index (χ1n) is 12.0.